The van der Waals surface area contributed by atoms with E-state index >= 15 is 0 Å². The Morgan fingerprint density at radius 1 is 1.31 bits per heavy atom. The number of nitro groups is 1. The molecule has 0 saturated carbocycles. The van der Waals surface area contributed by atoms with E-state index in [0.29, 0.717) is 33.4 Å². The third-order valence-corrected chi connectivity index (χ3v) is 3.99. The zero-order valence-corrected chi connectivity index (χ0v) is 14.6. The number of halogens is 1. The first kappa shape index (κ1) is 17.4. The van der Waals surface area contributed by atoms with Gasteiger partial charge in [-0.1, -0.05) is 11.6 Å². The summed E-state index contributed by atoms with van der Waals surface area (Å²) in [7, 11) is 0. The number of aryl methyl sites for hydroxylation is 1. The largest absolute Gasteiger partial charge is 0.435 e. The highest BCUT2D eigenvalue weighted by Crippen LogP contribution is 2.30. The van der Waals surface area contributed by atoms with E-state index in [1.165, 1.54) is 12.1 Å². The van der Waals surface area contributed by atoms with Crippen molar-refractivity contribution in [3.05, 3.63) is 68.6 Å². The van der Waals surface area contributed by atoms with E-state index in [-0.39, 0.29) is 11.6 Å². The van der Waals surface area contributed by atoms with Crippen molar-refractivity contribution >= 4 is 17.3 Å². The molecule has 0 saturated heterocycles. The molecule has 0 spiro atoms. The summed E-state index contributed by atoms with van der Waals surface area (Å²) in [5, 5.41) is 24.4. The molecule has 0 aliphatic carbocycles. The van der Waals surface area contributed by atoms with Gasteiger partial charge in [-0.05, 0) is 32.0 Å². The van der Waals surface area contributed by atoms with Crippen molar-refractivity contribution in [3.63, 3.8) is 0 Å². The summed E-state index contributed by atoms with van der Waals surface area (Å²) in [6.07, 6.45) is 1.13. The minimum absolute atomic E-state index is 0.117. The fraction of sp³-hybridized carbons (Fsp3) is 0.118. The molecule has 0 atom stereocenters. The van der Waals surface area contributed by atoms with Crippen LogP contribution in [0.2, 0.25) is 5.02 Å². The van der Waals surface area contributed by atoms with Crippen molar-refractivity contribution in [1.29, 1.82) is 5.26 Å². The monoisotopic (exact) mass is 369 g/mol. The normalized spacial score (nSPS) is 10.4. The van der Waals surface area contributed by atoms with Crippen LogP contribution in [0.5, 0.6) is 11.6 Å². The van der Waals surface area contributed by atoms with Crippen LogP contribution >= 0.6 is 11.6 Å². The van der Waals surface area contributed by atoms with Crippen LogP contribution in [0.15, 0.2) is 36.5 Å². The Morgan fingerprint density at radius 3 is 2.65 bits per heavy atom. The second kappa shape index (κ2) is 6.82. The van der Waals surface area contributed by atoms with Crippen molar-refractivity contribution < 1.29 is 9.66 Å². The summed E-state index contributed by atoms with van der Waals surface area (Å²) in [6, 6.07) is 9.75. The molecule has 3 rings (SSSR count). The molecule has 0 unspecified atom stereocenters. The van der Waals surface area contributed by atoms with E-state index in [1.807, 2.05) is 13.0 Å². The van der Waals surface area contributed by atoms with Gasteiger partial charge in [0.15, 0.2) is 5.75 Å². The second-order valence-corrected chi connectivity index (χ2v) is 5.81. The summed E-state index contributed by atoms with van der Waals surface area (Å²) in [6.45, 7) is 3.59. The van der Waals surface area contributed by atoms with Gasteiger partial charge in [-0.2, -0.15) is 10.4 Å². The maximum absolute atomic E-state index is 10.7. The Morgan fingerprint density at radius 2 is 2.08 bits per heavy atom. The number of aromatic nitrogens is 3. The fourth-order valence-electron chi connectivity index (χ4n) is 2.40. The number of ether oxygens (including phenoxy) is 1. The predicted octanol–water partition coefficient (Wildman–Crippen LogP) is 4.11. The lowest BCUT2D eigenvalue weighted by atomic mass is 10.2. The van der Waals surface area contributed by atoms with Crippen LogP contribution in [0.1, 0.15) is 17.0 Å². The number of nitrogens with zero attached hydrogens (tertiary/aromatic N) is 5. The molecule has 2 heterocycles. The molecule has 9 heteroatoms. The Hall–Kier alpha value is -3.44. The number of benzene rings is 1. The van der Waals surface area contributed by atoms with E-state index in [0.717, 1.165) is 6.20 Å². The van der Waals surface area contributed by atoms with Gasteiger partial charge >= 0.3 is 0 Å². The van der Waals surface area contributed by atoms with Crippen molar-refractivity contribution in [2.24, 2.45) is 0 Å². The molecular weight excluding hydrogens is 358 g/mol. The molecule has 0 fully saturated rings. The van der Waals surface area contributed by atoms with Crippen molar-refractivity contribution in [2.45, 2.75) is 13.8 Å². The van der Waals surface area contributed by atoms with Gasteiger partial charge < -0.3 is 4.74 Å². The van der Waals surface area contributed by atoms with E-state index in [9.17, 15) is 10.1 Å². The Kier molecular flexibility index (Phi) is 4.56. The van der Waals surface area contributed by atoms with Crippen molar-refractivity contribution in [1.82, 2.24) is 14.8 Å². The molecule has 3 aromatic rings. The minimum atomic E-state index is -0.528. The third-order valence-electron chi connectivity index (χ3n) is 3.68. The molecule has 0 aliphatic heterocycles. The van der Waals surface area contributed by atoms with Gasteiger partial charge in [0.05, 0.1) is 26.9 Å². The second-order valence-electron chi connectivity index (χ2n) is 5.40. The molecule has 0 radical (unpaired) electrons. The molecule has 2 aromatic heterocycles. The van der Waals surface area contributed by atoms with Gasteiger partial charge in [-0.3, -0.25) is 10.1 Å². The van der Waals surface area contributed by atoms with E-state index < -0.39 is 4.92 Å². The lowest BCUT2D eigenvalue weighted by Crippen LogP contribution is -1.99. The van der Waals surface area contributed by atoms with Gasteiger partial charge in [0, 0.05) is 12.1 Å². The smallest absolute Gasteiger partial charge is 0.287 e. The number of rotatable bonds is 4. The van der Waals surface area contributed by atoms with Crippen LogP contribution in [0, 0.1) is 35.3 Å². The number of hydrogen-bond acceptors (Lipinski definition) is 6. The van der Waals surface area contributed by atoms with Crippen LogP contribution in [-0.4, -0.2) is 19.7 Å². The molecular formula is C17H12ClN5O3. The summed E-state index contributed by atoms with van der Waals surface area (Å²) in [5.74, 6) is 0.714. The van der Waals surface area contributed by atoms with Crippen LogP contribution in [-0.2, 0) is 0 Å². The maximum Gasteiger partial charge on any atom is 0.287 e. The average molecular weight is 370 g/mol. The van der Waals surface area contributed by atoms with Crippen LogP contribution in [0.25, 0.3) is 5.69 Å². The Balaban J connectivity index is 1.94. The maximum atomic E-state index is 10.7. The van der Waals surface area contributed by atoms with Crippen LogP contribution in [0.3, 0.4) is 0 Å². The van der Waals surface area contributed by atoms with E-state index in [1.54, 1.807) is 29.8 Å². The first-order valence-electron chi connectivity index (χ1n) is 7.45. The topological polar surface area (TPSA) is 107 Å². The summed E-state index contributed by atoms with van der Waals surface area (Å²) >= 11 is 6.09. The van der Waals surface area contributed by atoms with Crippen LogP contribution in [0.4, 0.5) is 5.69 Å². The average Bonchev–Trinajstić information content (AvgIpc) is 2.90. The molecule has 8 nitrogen and oxygen atoms in total. The first-order chi connectivity index (χ1) is 12.4. The molecule has 0 bridgehead atoms. The highest BCUT2D eigenvalue weighted by molar-refractivity contribution is 6.31. The predicted molar refractivity (Wildman–Crippen MR) is 93.7 cm³/mol. The van der Waals surface area contributed by atoms with E-state index in [4.69, 9.17) is 21.6 Å². The summed E-state index contributed by atoms with van der Waals surface area (Å²) in [5.41, 5.74) is 2.25. The zero-order valence-electron chi connectivity index (χ0n) is 13.8. The Labute approximate surface area is 153 Å². The highest BCUT2D eigenvalue weighted by atomic mass is 35.5. The van der Waals surface area contributed by atoms with Gasteiger partial charge in [-0.15, -0.1) is 0 Å². The van der Waals surface area contributed by atoms with Crippen molar-refractivity contribution in [3.8, 4) is 23.4 Å². The zero-order chi connectivity index (χ0) is 18.8. The van der Waals surface area contributed by atoms with Gasteiger partial charge in [0.1, 0.15) is 18.0 Å². The standard InChI is InChI=1S/C17H12ClN5O3/c1-10-17(26-16-6-5-14(9-20-16)23(24)25)11(2)22(21-10)13-4-3-12(8-19)15(18)7-13/h3-7,9H,1-2H3. The fourth-order valence-corrected chi connectivity index (χ4v) is 2.62. The van der Waals surface area contributed by atoms with Crippen LogP contribution < -0.4 is 4.74 Å². The highest BCUT2D eigenvalue weighted by Gasteiger charge is 2.17. The first-order valence-corrected chi connectivity index (χ1v) is 7.83. The van der Waals surface area contributed by atoms with E-state index in [2.05, 4.69) is 10.1 Å². The molecule has 0 N–H and O–H groups in total. The molecule has 1 aromatic carbocycles. The third kappa shape index (κ3) is 3.20. The lowest BCUT2D eigenvalue weighted by molar-refractivity contribution is -0.385. The molecule has 0 aliphatic rings. The summed E-state index contributed by atoms with van der Waals surface area (Å²) < 4.78 is 7.39. The number of hydrogen-bond donors (Lipinski definition) is 0. The lowest BCUT2D eigenvalue weighted by Gasteiger charge is -2.07. The SMILES string of the molecule is Cc1nn(-c2ccc(C#N)c(Cl)c2)c(C)c1Oc1ccc([N+](=O)[O-])cn1. The molecule has 26 heavy (non-hydrogen) atoms. The van der Waals surface area contributed by atoms with Gasteiger partial charge in [-0.25, -0.2) is 9.67 Å². The Bertz CT molecular complexity index is 1040. The van der Waals surface area contributed by atoms with Gasteiger partial charge in [0.25, 0.3) is 5.69 Å². The quantitative estimate of drug-likeness (QED) is 0.506. The molecule has 130 valence electrons. The molecule has 0 amide bonds. The minimum Gasteiger partial charge on any atom is -0.435 e. The summed E-state index contributed by atoms with van der Waals surface area (Å²) in [4.78, 5) is 14.1. The number of nitriles is 1. The number of pyridine rings is 1. The van der Waals surface area contributed by atoms with Crippen molar-refractivity contribution in [2.75, 3.05) is 0 Å². The van der Waals surface area contributed by atoms with Gasteiger partial charge in [0.2, 0.25) is 5.88 Å².